The van der Waals surface area contributed by atoms with Crippen LogP contribution in [0.3, 0.4) is 0 Å². The third-order valence-electron chi connectivity index (χ3n) is 9.03. The molecule has 36 heavy (non-hydrogen) atoms. The number of ether oxygens (including phenoxy) is 2. The first kappa shape index (κ1) is 23.5. The van der Waals surface area contributed by atoms with Gasteiger partial charge in [0.1, 0.15) is 11.5 Å². The fourth-order valence-corrected chi connectivity index (χ4v) is 7.51. The third kappa shape index (κ3) is 3.54. The number of rotatable bonds is 7. The van der Waals surface area contributed by atoms with E-state index in [9.17, 15) is 14.7 Å². The summed E-state index contributed by atoms with van der Waals surface area (Å²) in [7, 11) is 0. The van der Waals surface area contributed by atoms with Crippen LogP contribution in [0, 0.1) is 29.1 Å². The second kappa shape index (κ2) is 9.19. The number of benzene rings is 1. The minimum absolute atomic E-state index is 0.0274. The Morgan fingerprint density at radius 1 is 1.14 bits per heavy atom. The normalized spacial score (nSPS) is 33.3. The second-order valence-electron chi connectivity index (χ2n) is 11.0. The number of carbonyl (C=O) groups is 2. The molecule has 7 rings (SSSR count). The van der Waals surface area contributed by atoms with E-state index in [1.807, 2.05) is 18.2 Å². The monoisotopic (exact) mass is 486 g/mol. The molecule has 5 nitrogen and oxygen atoms in total. The van der Waals surface area contributed by atoms with Crippen LogP contribution < -0.4 is 0 Å². The Balaban J connectivity index is 1.45. The molecule has 1 N–H and O–H groups in total. The number of fused-ring (bicyclic) bond motifs is 1. The summed E-state index contributed by atoms with van der Waals surface area (Å²) in [5, 5.41) is 9.82. The lowest BCUT2D eigenvalue weighted by molar-refractivity contribution is -0.135. The Morgan fingerprint density at radius 3 is 2.75 bits per heavy atom. The first-order chi connectivity index (χ1) is 17.6. The molecule has 188 valence electrons. The molecule has 4 aliphatic carbocycles. The molecule has 5 atom stereocenters. The molecule has 0 aromatic heterocycles. The van der Waals surface area contributed by atoms with Crippen molar-refractivity contribution in [3.8, 4) is 0 Å². The van der Waals surface area contributed by atoms with Gasteiger partial charge in [0.25, 0.3) is 0 Å². The smallest absolute Gasteiger partial charge is 0.340 e. The predicted octanol–water partition coefficient (Wildman–Crippen LogP) is 5.57. The van der Waals surface area contributed by atoms with Crippen molar-refractivity contribution in [1.29, 1.82) is 0 Å². The van der Waals surface area contributed by atoms with Crippen LogP contribution in [0.25, 0.3) is 0 Å². The quantitative estimate of drug-likeness (QED) is 0.510. The van der Waals surface area contributed by atoms with Crippen LogP contribution in [-0.4, -0.2) is 23.7 Å². The molecular weight excluding hydrogens is 452 g/mol. The van der Waals surface area contributed by atoms with Gasteiger partial charge in [0.2, 0.25) is 0 Å². The largest absolute Gasteiger partial charge is 0.427 e. The van der Waals surface area contributed by atoms with E-state index in [-0.39, 0.29) is 30.4 Å². The van der Waals surface area contributed by atoms with Crippen molar-refractivity contribution in [3.05, 3.63) is 82.4 Å². The highest BCUT2D eigenvalue weighted by molar-refractivity contribution is 5.99. The molecule has 1 saturated carbocycles. The van der Waals surface area contributed by atoms with Crippen molar-refractivity contribution < 1.29 is 24.2 Å². The van der Waals surface area contributed by atoms with Crippen molar-refractivity contribution in [2.45, 2.75) is 58.3 Å². The summed E-state index contributed by atoms with van der Waals surface area (Å²) < 4.78 is 11.9. The van der Waals surface area contributed by atoms with Crippen LogP contribution in [0.5, 0.6) is 0 Å². The SMILES string of the molecule is CCC/C=C1\OC(=O)C2=C1CC[C@H]1[C@@H]3C=C4C(=O)OC(=C[C@H](CCO)Cc5ccccc5)[C@]4(CC3)[C@@H]21. The Hall–Kier alpha value is -2.92. The Bertz CT molecular complexity index is 1200. The summed E-state index contributed by atoms with van der Waals surface area (Å²) in [6.45, 7) is 2.18. The average Bonchev–Trinajstić information content (AvgIpc) is 3.37. The number of hydrogen-bond donors (Lipinski definition) is 1. The molecule has 0 unspecified atom stereocenters. The van der Waals surface area contributed by atoms with Crippen LogP contribution >= 0.6 is 0 Å². The number of hydrogen-bond acceptors (Lipinski definition) is 5. The maximum atomic E-state index is 13.3. The van der Waals surface area contributed by atoms with Gasteiger partial charge in [-0.2, -0.15) is 0 Å². The molecule has 0 amide bonds. The predicted molar refractivity (Wildman–Crippen MR) is 135 cm³/mol. The Labute approximate surface area is 212 Å². The van der Waals surface area contributed by atoms with E-state index >= 15 is 0 Å². The number of cyclic esters (lactones) is 2. The van der Waals surface area contributed by atoms with E-state index in [2.05, 4.69) is 37.3 Å². The van der Waals surface area contributed by atoms with Crippen molar-refractivity contribution in [2.24, 2.45) is 29.1 Å². The van der Waals surface area contributed by atoms with Crippen molar-refractivity contribution in [1.82, 2.24) is 0 Å². The maximum Gasteiger partial charge on any atom is 0.340 e. The first-order valence-corrected chi connectivity index (χ1v) is 13.5. The van der Waals surface area contributed by atoms with Gasteiger partial charge in [0, 0.05) is 29.2 Å². The zero-order valence-electron chi connectivity index (χ0n) is 20.9. The zero-order chi connectivity index (χ0) is 24.9. The minimum Gasteiger partial charge on any atom is -0.427 e. The van der Waals surface area contributed by atoms with Gasteiger partial charge in [-0.25, -0.2) is 9.59 Å². The van der Waals surface area contributed by atoms with Gasteiger partial charge in [-0.15, -0.1) is 0 Å². The maximum absolute atomic E-state index is 13.3. The standard InChI is InChI=1S/C31H34O5/c1-2-3-9-25-23-11-10-22-21-12-14-31(28(22)27(23)30(34)35-25)24(18-21)29(33)36-26(31)17-20(13-15-32)16-19-7-5-4-6-8-19/h4-9,17-18,20-22,28,32H,2-3,10-16H2,1H3/b25-9-,26-17?/t20-,21+,22+,28-,31-/m1/s1. The number of aliphatic hydroxyl groups excluding tert-OH is 1. The van der Waals surface area contributed by atoms with Crippen LogP contribution in [0.2, 0.25) is 0 Å². The van der Waals surface area contributed by atoms with E-state index in [1.165, 1.54) is 5.56 Å². The molecule has 6 aliphatic rings. The molecule has 1 spiro atoms. The Kier molecular flexibility index (Phi) is 5.99. The summed E-state index contributed by atoms with van der Waals surface area (Å²) >= 11 is 0. The summed E-state index contributed by atoms with van der Waals surface area (Å²) in [6.07, 6.45) is 13.2. The van der Waals surface area contributed by atoms with Gasteiger partial charge in [-0.3, -0.25) is 0 Å². The van der Waals surface area contributed by atoms with Crippen molar-refractivity contribution in [3.63, 3.8) is 0 Å². The summed E-state index contributed by atoms with van der Waals surface area (Å²) in [5.74, 6) is 1.45. The molecule has 2 heterocycles. The average molecular weight is 487 g/mol. The Morgan fingerprint density at radius 2 is 1.97 bits per heavy atom. The van der Waals surface area contributed by atoms with Gasteiger partial charge in [-0.05, 0) is 80.4 Å². The molecule has 5 heteroatoms. The van der Waals surface area contributed by atoms with Crippen LogP contribution in [0.4, 0.5) is 0 Å². The van der Waals surface area contributed by atoms with Gasteiger partial charge >= 0.3 is 11.9 Å². The molecule has 2 bridgehead atoms. The molecule has 1 saturated heterocycles. The van der Waals surface area contributed by atoms with Crippen molar-refractivity contribution >= 4 is 11.9 Å². The van der Waals surface area contributed by atoms with E-state index < -0.39 is 5.41 Å². The molecule has 2 fully saturated rings. The molecule has 1 aromatic rings. The molecule has 2 aliphatic heterocycles. The summed E-state index contributed by atoms with van der Waals surface area (Å²) in [4.78, 5) is 26.6. The summed E-state index contributed by atoms with van der Waals surface area (Å²) in [5.41, 5.74) is 3.14. The fraction of sp³-hybridized carbons (Fsp3) is 0.484. The van der Waals surface area contributed by atoms with E-state index in [0.29, 0.717) is 24.0 Å². The van der Waals surface area contributed by atoms with Crippen LogP contribution in [-0.2, 0) is 25.5 Å². The minimum atomic E-state index is -0.610. The number of carbonyl (C=O) groups excluding carboxylic acids is 2. The third-order valence-corrected chi connectivity index (χ3v) is 9.03. The number of unbranched alkanes of at least 4 members (excludes halogenated alkanes) is 1. The highest BCUT2D eigenvalue weighted by atomic mass is 16.5. The first-order valence-electron chi connectivity index (χ1n) is 13.5. The van der Waals surface area contributed by atoms with Crippen LogP contribution in [0.15, 0.2) is 76.8 Å². The zero-order valence-corrected chi connectivity index (χ0v) is 20.9. The molecule has 0 radical (unpaired) electrons. The highest BCUT2D eigenvalue weighted by Crippen LogP contribution is 2.68. The lowest BCUT2D eigenvalue weighted by Crippen LogP contribution is -2.50. The van der Waals surface area contributed by atoms with Crippen molar-refractivity contribution in [2.75, 3.05) is 6.61 Å². The van der Waals surface area contributed by atoms with Gasteiger partial charge in [-0.1, -0.05) is 49.8 Å². The second-order valence-corrected chi connectivity index (χ2v) is 11.0. The van der Waals surface area contributed by atoms with Gasteiger partial charge < -0.3 is 14.6 Å². The van der Waals surface area contributed by atoms with E-state index in [0.717, 1.165) is 67.4 Å². The fourth-order valence-electron chi connectivity index (χ4n) is 7.51. The topological polar surface area (TPSA) is 72.8 Å². The van der Waals surface area contributed by atoms with Gasteiger partial charge in [0.05, 0.1) is 5.41 Å². The van der Waals surface area contributed by atoms with Crippen LogP contribution in [0.1, 0.15) is 57.4 Å². The lowest BCUT2D eigenvalue weighted by atomic mass is 9.46. The van der Waals surface area contributed by atoms with E-state index in [1.54, 1.807) is 0 Å². The van der Waals surface area contributed by atoms with E-state index in [4.69, 9.17) is 9.47 Å². The number of esters is 2. The molecular formula is C31H34O5. The number of aliphatic hydroxyl groups is 1. The highest BCUT2D eigenvalue weighted by Gasteiger charge is 2.66. The molecule has 1 aromatic carbocycles. The van der Waals surface area contributed by atoms with Gasteiger partial charge in [0.15, 0.2) is 0 Å². The number of allylic oxidation sites excluding steroid dienone is 5. The summed E-state index contributed by atoms with van der Waals surface area (Å²) in [6, 6.07) is 10.2. The lowest BCUT2D eigenvalue weighted by Gasteiger charge is -2.54.